The fourth-order valence-electron chi connectivity index (χ4n) is 3.02. The van der Waals surface area contributed by atoms with Crippen LogP contribution in [-0.4, -0.2) is 14.2 Å². The van der Waals surface area contributed by atoms with Crippen molar-refractivity contribution in [2.45, 2.75) is 18.9 Å². The van der Waals surface area contributed by atoms with Crippen LogP contribution in [0.5, 0.6) is 5.75 Å². The van der Waals surface area contributed by atoms with Gasteiger partial charge in [-0.15, -0.1) is 0 Å². The standard InChI is InChI=1S/C17H19NO/c1-18-17-10-9-15-14(7-4-8-16(15)17)12-5-3-6-13(11-12)19-2/h3-8,11,17-18H,9-10H2,1-2H3. The summed E-state index contributed by atoms with van der Waals surface area (Å²) in [6.07, 6.45) is 2.33. The maximum absolute atomic E-state index is 5.33. The molecule has 1 N–H and O–H groups in total. The predicted molar refractivity (Wildman–Crippen MR) is 78.6 cm³/mol. The van der Waals surface area contributed by atoms with Gasteiger partial charge in [0.25, 0.3) is 0 Å². The average Bonchev–Trinajstić information content (AvgIpc) is 2.90. The molecule has 3 rings (SSSR count). The second-order valence-electron chi connectivity index (χ2n) is 4.99. The number of benzene rings is 2. The van der Waals surface area contributed by atoms with E-state index in [2.05, 4.69) is 41.7 Å². The zero-order chi connectivity index (χ0) is 13.2. The number of fused-ring (bicyclic) bond motifs is 1. The molecular formula is C17H19NO. The van der Waals surface area contributed by atoms with Crippen molar-refractivity contribution in [2.75, 3.05) is 14.2 Å². The van der Waals surface area contributed by atoms with Crippen LogP contribution >= 0.6 is 0 Å². The lowest BCUT2D eigenvalue weighted by molar-refractivity contribution is 0.415. The molecule has 0 amide bonds. The molecule has 2 aromatic rings. The summed E-state index contributed by atoms with van der Waals surface area (Å²) in [7, 11) is 3.75. The normalized spacial score (nSPS) is 17.3. The molecule has 2 nitrogen and oxygen atoms in total. The number of nitrogens with one attached hydrogen (secondary N) is 1. The van der Waals surface area contributed by atoms with Crippen molar-refractivity contribution in [3.8, 4) is 16.9 Å². The summed E-state index contributed by atoms with van der Waals surface area (Å²) >= 11 is 0. The third-order valence-corrected chi connectivity index (χ3v) is 4.00. The molecule has 0 aliphatic heterocycles. The SMILES string of the molecule is CNC1CCc2c(-c3cccc(OC)c3)cccc21. The smallest absolute Gasteiger partial charge is 0.119 e. The Morgan fingerprint density at radius 2 is 2.00 bits per heavy atom. The summed E-state index contributed by atoms with van der Waals surface area (Å²) in [6, 6.07) is 15.4. The van der Waals surface area contributed by atoms with Crippen LogP contribution in [0.15, 0.2) is 42.5 Å². The Bertz CT molecular complexity index is 592. The highest BCUT2D eigenvalue weighted by molar-refractivity contribution is 5.71. The first-order chi connectivity index (χ1) is 9.33. The largest absolute Gasteiger partial charge is 0.497 e. The molecule has 1 aliphatic carbocycles. The lowest BCUT2D eigenvalue weighted by Crippen LogP contribution is -2.12. The van der Waals surface area contributed by atoms with Crippen LogP contribution in [0.4, 0.5) is 0 Å². The van der Waals surface area contributed by atoms with Gasteiger partial charge >= 0.3 is 0 Å². The topological polar surface area (TPSA) is 21.3 Å². The first-order valence-corrected chi connectivity index (χ1v) is 6.77. The van der Waals surface area contributed by atoms with Crippen molar-refractivity contribution in [3.05, 3.63) is 53.6 Å². The molecule has 0 saturated carbocycles. The minimum Gasteiger partial charge on any atom is -0.497 e. The summed E-state index contributed by atoms with van der Waals surface area (Å²) in [5.41, 5.74) is 5.51. The summed E-state index contributed by atoms with van der Waals surface area (Å²) < 4.78 is 5.33. The maximum Gasteiger partial charge on any atom is 0.119 e. The molecule has 1 unspecified atom stereocenters. The van der Waals surface area contributed by atoms with Crippen LogP contribution in [0.25, 0.3) is 11.1 Å². The van der Waals surface area contributed by atoms with E-state index < -0.39 is 0 Å². The Morgan fingerprint density at radius 3 is 2.79 bits per heavy atom. The van der Waals surface area contributed by atoms with E-state index in [-0.39, 0.29) is 0 Å². The molecule has 0 fully saturated rings. The summed E-state index contributed by atoms with van der Waals surface area (Å²) in [4.78, 5) is 0. The van der Waals surface area contributed by atoms with Gasteiger partial charge < -0.3 is 10.1 Å². The second-order valence-corrected chi connectivity index (χ2v) is 4.99. The van der Waals surface area contributed by atoms with Gasteiger partial charge in [-0.25, -0.2) is 0 Å². The number of ether oxygens (including phenoxy) is 1. The van der Waals surface area contributed by atoms with E-state index >= 15 is 0 Å². The van der Waals surface area contributed by atoms with E-state index in [0.717, 1.165) is 12.2 Å². The van der Waals surface area contributed by atoms with E-state index in [1.54, 1.807) is 7.11 Å². The number of methoxy groups -OCH3 is 1. The van der Waals surface area contributed by atoms with Crippen molar-refractivity contribution >= 4 is 0 Å². The minimum absolute atomic E-state index is 0.501. The van der Waals surface area contributed by atoms with Gasteiger partial charge in [-0.2, -0.15) is 0 Å². The van der Waals surface area contributed by atoms with E-state index in [4.69, 9.17) is 4.74 Å². The van der Waals surface area contributed by atoms with Gasteiger partial charge in [-0.1, -0.05) is 30.3 Å². The summed E-state index contributed by atoms with van der Waals surface area (Å²) in [5, 5.41) is 3.40. The van der Waals surface area contributed by atoms with Crippen LogP contribution in [0.2, 0.25) is 0 Å². The molecule has 98 valence electrons. The molecule has 2 aromatic carbocycles. The van der Waals surface area contributed by atoms with Crippen molar-refractivity contribution in [1.29, 1.82) is 0 Å². The molecule has 0 heterocycles. The lowest BCUT2D eigenvalue weighted by atomic mass is 9.96. The Hall–Kier alpha value is -1.80. The Balaban J connectivity index is 2.09. The molecule has 0 radical (unpaired) electrons. The Kier molecular flexibility index (Phi) is 3.26. The number of rotatable bonds is 3. The highest BCUT2D eigenvalue weighted by atomic mass is 16.5. The molecule has 2 heteroatoms. The Labute approximate surface area is 114 Å². The highest BCUT2D eigenvalue weighted by Crippen LogP contribution is 2.38. The molecule has 19 heavy (non-hydrogen) atoms. The third-order valence-electron chi connectivity index (χ3n) is 4.00. The monoisotopic (exact) mass is 253 g/mol. The van der Waals surface area contributed by atoms with Crippen molar-refractivity contribution in [2.24, 2.45) is 0 Å². The van der Waals surface area contributed by atoms with E-state index in [9.17, 15) is 0 Å². The van der Waals surface area contributed by atoms with Crippen molar-refractivity contribution in [1.82, 2.24) is 5.32 Å². The molecule has 1 aliphatic rings. The molecule has 0 aromatic heterocycles. The van der Waals surface area contributed by atoms with Gasteiger partial charge in [-0.3, -0.25) is 0 Å². The van der Waals surface area contributed by atoms with E-state index in [0.29, 0.717) is 6.04 Å². The van der Waals surface area contributed by atoms with Crippen LogP contribution < -0.4 is 10.1 Å². The molecular weight excluding hydrogens is 234 g/mol. The zero-order valence-corrected chi connectivity index (χ0v) is 11.4. The first-order valence-electron chi connectivity index (χ1n) is 6.77. The molecule has 0 saturated heterocycles. The van der Waals surface area contributed by atoms with Crippen LogP contribution in [0.3, 0.4) is 0 Å². The zero-order valence-electron chi connectivity index (χ0n) is 11.4. The number of hydrogen-bond acceptors (Lipinski definition) is 2. The molecule has 1 atom stereocenters. The Morgan fingerprint density at radius 1 is 1.16 bits per heavy atom. The van der Waals surface area contributed by atoms with Crippen molar-refractivity contribution in [3.63, 3.8) is 0 Å². The van der Waals surface area contributed by atoms with Crippen LogP contribution in [0.1, 0.15) is 23.6 Å². The molecule has 0 bridgehead atoms. The maximum atomic E-state index is 5.33. The fourth-order valence-corrected chi connectivity index (χ4v) is 3.02. The van der Waals surface area contributed by atoms with Gasteiger partial charge in [0.15, 0.2) is 0 Å². The highest BCUT2D eigenvalue weighted by Gasteiger charge is 2.23. The van der Waals surface area contributed by atoms with Gasteiger partial charge in [0.2, 0.25) is 0 Å². The summed E-state index contributed by atoms with van der Waals surface area (Å²) in [5.74, 6) is 0.915. The van der Waals surface area contributed by atoms with Crippen LogP contribution in [-0.2, 0) is 6.42 Å². The first kappa shape index (κ1) is 12.2. The van der Waals surface area contributed by atoms with Gasteiger partial charge in [0.1, 0.15) is 5.75 Å². The predicted octanol–water partition coefficient (Wildman–Crippen LogP) is 3.57. The van der Waals surface area contributed by atoms with Gasteiger partial charge in [0.05, 0.1) is 7.11 Å². The second kappa shape index (κ2) is 5.06. The lowest BCUT2D eigenvalue weighted by Gasteiger charge is -2.12. The van der Waals surface area contributed by atoms with E-state index in [1.165, 1.54) is 28.7 Å². The molecule has 0 spiro atoms. The third kappa shape index (κ3) is 2.13. The van der Waals surface area contributed by atoms with Crippen molar-refractivity contribution < 1.29 is 4.74 Å². The minimum atomic E-state index is 0.501. The van der Waals surface area contributed by atoms with E-state index in [1.807, 2.05) is 13.1 Å². The fraction of sp³-hybridized carbons (Fsp3) is 0.294. The quantitative estimate of drug-likeness (QED) is 0.903. The van der Waals surface area contributed by atoms with Gasteiger partial charge in [-0.05, 0) is 54.3 Å². The van der Waals surface area contributed by atoms with Crippen LogP contribution in [0, 0.1) is 0 Å². The summed E-state index contributed by atoms with van der Waals surface area (Å²) in [6.45, 7) is 0. The average molecular weight is 253 g/mol. The number of hydrogen-bond donors (Lipinski definition) is 1. The van der Waals surface area contributed by atoms with Gasteiger partial charge in [0, 0.05) is 6.04 Å².